The van der Waals surface area contributed by atoms with Gasteiger partial charge in [-0.3, -0.25) is 14.7 Å². The zero-order valence-corrected chi connectivity index (χ0v) is 14.6. The number of carbonyl (C=O) groups excluding carboxylic acids is 2. The molecule has 2 N–H and O–H groups in total. The third-order valence-corrected chi connectivity index (χ3v) is 4.57. The summed E-state index contributed by atoms with van der Waals surface area (Å²) in [5.41, 5.74) is 3.93. The van der Waals surface area contributed by atoms with Crippen molar-refractivity contribution in [2.24, 2.45) is 5.92 Å². The molecule has 1 unspecified atom stereocenters. The van der Waals surface area contributed by atoms with Crippen LogP contribution < -0.4 is 10.2 Å². The van der Waals surface area contributed by atoms with Gasteiger partial charge in [0.15, 0.2) is 0 Å². The summed E-state index contributed by atoms with van der Waals surface area (Å²) in [6.07, 6.45) is 0.188. The Hall–Kier alpha value is -2.34. The molecule has 0 spiro atoms. The summed E-state index contributed by atoms with van der Waals surface area (Å²) < 4.78 is 0. The quantitative estimate of drug-likeness (QED) is 0.896. The van der Waals surface area contributed by atoms with Crippen LogP contribution in [0, 0.1) is 26.7 Å². The summed E-state index contributed by atoms with van der Waals surface area (Å²) in [5, 5.41) is 10.3. The largest absolute Gasteiger partial charge is 0.323 e. The van der Waals surface area contributed by atoms with Crippen molar-refractivity contribution in [3.8, 4) is 0 Å². The van der Waals surface area contributed by atoms with Crippen LogP contribution in [-0.2, 0) is 9.59 Å². The van der Waals surface area contributed by atoms with E-state index in [0.29, 0.717) is 17.3 Å². The minimum atomic E-state index is -0.399. The number of nitrogens with one attached hydrogen (secondary N) is 2. The summed E-state index contributed by atoms with van der Waals surface area (Å²) in [4.78, 5) is 26.5. The Balaban J connectivity index is 1.77. The summed E-state index contributed by atoms with van der Waals surface area (Å²) in [6.45, 7) is 5.93. The Morgan fingerprint density at radius 3 is 2.79 bits per heavy atom. The lowest BCUT2D eigenvalue weighted by Crippen LogP contribution is -2.28. The normalized spacial score (nSPS) is 17.4. The molecule has 1 aliphatic rings. The first kappa shape index (κ1) is 16.5. The third-order valence-electron chi connectivity index (χ3n) is 4.33. The number of aromatic nitrogens is 2. The number of aryl methyl sites for hydroxylation is 3. The maximum Gasteiger partial charge on any atom is 0.229 e. The Bertz CT molecular complexity index is 795. The first-order valence-electron chi connectivity index (χ1n) is 7.75. The first-order chi connectivity index (χ1) is 11.4. The van der Waals surface area contributed by atoms with Gasteiger partial charge in [-0.2, -0.15) is 5.10 Å². The molecular weight excluding hydrogens is 328 g/mol. The molecular formula is C17H19ClN4O2. The number of benzene rings is 1. The Morgan fingerprint density at radius 2 is 2.12 bits per heavy atom. The SMILES string of the molecule is Cc1ccc(Cl)cc1N1CC(C(=O)Nc2c(C)n[nH]c2C)CC1=O. The second kappa shape index (κ2) is 6.28. The Labute approximate surface area is 145 Å². The fourth-order valence-corrected chi connectivity index (χ4v) is 3.12. The van der Waals surface area contributed by atoms with Crippen molar-refractivity contribution in [3.63, 3.8) is 0 Å². The zero-order chi connectivity index (χ0) is 17.4. The van der Waals surface area contributed by atoms with E-state index in [4.69, 9.17) is 11.6 Å². The molecule has 126 valence electrons. The number of halogens is 1. The van der Waals surface area contributed by atoms with Crippen LogP contribution in [0.5, 0.6) is 0 Å². The average Bonchev–Trinajstić information content (AvgIpc) is 3.07. The zero-order valence-electron chi connectivity index (χ0n) is 13.8. The second-order valence-electron chi connectivity index (χ2n) is 6.13. The van der Waals surface area contributed by atoms with Crippen LogP contribution in [0.1, 0.15) is 23.4 Å². The van der Waals surface area contributed by atoms with Gasteiger partial charge in [0, 0.05) is 23.7 Å². The maximum atomic E-state index is 12.5. The molecule has 7 heteroatoms. The summed E-state index contributed by atoms with van der Waals surface area (Å²) in [5.74, 6) is -0.635. The molecule has 1 saturated heterocycles. The number of carbonyl (C=O) groups is 2. The number of rotatable bonds is 3. The van der Waals surface area contributed by atoms with Crippen molar-refractivity contribution < 1.29 is 9.59 Å². The Kier molecular flexibility index (Phi) is 4.32. The van der Waals surface area contributed by atoms with E-state index in [2.05, 4.69) is 15.5 Å². The van der Waals surface area contributed by atoms with Gasteiger partial charge in [0.2, 0.25) is 11.8 Å². The van der Waals surface area contributed by atoms with Crippen molar-refractivity contribution in [1.29, 1.82) is 0 Å². The maximum absolute atomic E-state index is 12.5. The van der Waals surface area contributed by atoms with E-state index in [9.17, 15) is 9.59 Å². The minimum Gasteiger partial charge on any atom is -0.323 e. The van der Waals surface area contributed by atoms with Crippen molar-refractivity contribution in [1.82, 2.24) is 10.2 Å². The highest BCUT2D eigenvalue weighted by Gasteiger charge is 2.36. The van der Waals surface area contributed by atoms with Gasteiger partial charge in [-0.25, -0.2) is 0 Å². The van der Waals surface area contributed by atoms with Crippen LogP contribution in [0.2, 0.25) is 5.02 Å². The Morgan fingerprint density at radius 1 is 1.38 bits per heavy atom. The molecule has 6 nitrogen and oxygen atoms in total. The topological polar surface area (TPSA) is 78.1 Å². The molecule has 1 fully saturated rings. The third kappa shape index (κ3) is 3.01. The van der Waals surface area contributed by atoms with Crippen LogP contribution in [0.25, 0.3) is 0 Å². The van der Waals surface area contributed by atoms with Gasteiger partial charge in [-0.15, -0.1) is 0 Å². The lowest BCUT2D eigenvalue weighted by Gasteiger charge is -2.19. The molecule has 24 heavy (non-hydrogen) atoms. The van der Waals surface area contributed by atoms with Crippen LogP contribution in [-0.4, -0.2) is 28.6 Å². The fraction of sp³-hybridized carbons (Fsp3) is 0.353. The highest BCUT2D eigenvalue weighted by Crippen LogP contribution is 2.31. The molecule has 1 aromatic carbocycles. The van der Waals surface area contributed by atoms with E-state index >= 15 is 0 Å². The smallest absolute Gasteiger partial charge is 0.229 e. The molecule has 0 saturated carbocycles. The molecule has 2 amide bonds. The molecule has 1 aliphatic heterocycles. The second-order valence-corrected chi connectivity index (χ2v) is 6.57. The van der Waals surface area contributed by atoms with E-state index in [-0.39, 0.29) is 18.2 Å². The average molecular weight is 347 g/mol. The molecule has 1 atom stereocenters. The molecule has 2 heterocycles. The lowest BCUT2D eigenvalue weighted by molar-refractivity contribution is -0.122. The molecule has 1 aromatic heterocycles. The molecule has 0 bridgehead atoms. The van der Waals surface area contributed by atoms with Gasteiger partial charge in [-0.1, -0.05) is 17.7 Å². The summed E-state index contributed by atoms with van der Waals surface area (Å²) in [7, 11) is 0. The van der Waals surface area contributed by atoms with Crippen molar-refractivity contribution in [2.75, 3.05) is 16.8 Å². The molecule has 0 radical (unpaired) electrons. The molecule has 2 aromatic rings. The number of aromatic amines is 1. The molecule has 0 aliphatic carbocycles. The monoisotopic (exact) mass is 346 g/mol. The van der Waals surface area contributed by atoms with Crippen LogP contribution in [0.3, 0.4) is 0 Å². The number of hydrogen-bond donors (Lipinski definition) is 2. The predicted molar refractivity (Wildman–Crippen MR) is 93.3 cm³/mol. The van der Waals surface area contributed by atoms with Crippen LogP contribution in [0.15, 0.2) is 18.2 Å². The number of nitrogens with zero attached hydrogens (tertiary/aromatic N) is 2. The van der Waals surface area contributed by atoms with E-state index in [0.717, 1.165) is 22.6 Å². The highest BCUT2D eigenvalue weighted by molar-refractivity contribution is 6.31. The predicted octanol–water partition coefficient (Wildman–Crippen LogP) is 2.98. The summed E-state index contributed by atoms with van der Waals surface area (Å²) in [6, 6.07) is 5.42. The first-order valence-corrected chi connectivity index (χ1v) is 8.13. The number of H-pyrrole nitrogens is 1. The van der Waals surface area contributed by atoms with Crippen LogP contribution >= 0.6 is 11.6 Å². The van der Waals surface area contributed by atoms with Gasteiger partial charge in [0.05, 0.1) is 23.0 Å². The van der Waals surface area contributed by atoms with Gasteiger partial charge < -0.3 is 10.2 Å². The minimum absolute atomic E-state index is 0.0684. The van der Waals surface area contributed by atoms with Gasteiger partial charge in [-0.05, 0) is 38.5 Å². The van der Waals surface area contributed by atoms with Crippen LogP contribution in [0.4, 0.5) is 11.4 Å². The lowest BCUT2D eigenvalue weighted by atomic mass is 10.1. The standard InChI is InChI=1S/C17H19ClN4O2/c1-9-4-5-13(18)7-14(9)22-8-12(6-15(22)23)17(24)19-16-10(2)20-21-11(16)3/h4-5,7,12H,6,8H2,1-3H3,(H,19,24)(H,20,21). The molecule has 3 rings (SSSR count). The van der Waals surface area contributed by atoms with Gasteiger partial charge >= 0.3 is 0 Å². The van der Waals surface area contributed by atoms with Crippen molar-refractivity contribution in [2.45, 2.75) is 27.2 Å². The van der Waals surface area contributed by atoms with Crippen molar-refractivity contribution in [3.05, 3.63) is 40.2 Å². The fourth-order valence-electron chi connectivity index (χ4n) is 2.95. The van der Waals surface area contributed by atoms with Gasteiger partial charge in [0.1, 0.15) is 0 Å². The van der Waals surface area contributed by atoms with E-state index in [1.54, 1.807) is 17.0 Å². The van der Waals surface area contributed by atoms with Gasteiger partial charge in [0.25, 0.3) is 0 Å². The van der Waals surface area contributed by atoms with E-state index in [1.165, 1.54) is 0 Å². The summed E-state index contributed by atoms with van der Waals surface area (Å²) >= 11 is 6.04. The number of hydrogen-bond acceptors (Lipinski definition) is 3. The van der Waals surface area contributed by atoms with E-state index < -0.39 is 5.92 Å². The van der Waals surface area contributed by atoms with Crippen molar-refractivity contribution >= 4 is 34.8 Å². The number of anilines is 2. The highest BCUT2D eigenvalue weighted by atomic mass is 35.5. The number of amides is 2. The van der Waals surface area contributed by atoms with E-state index in [1.807, 2.05) is 26.8 Å².